The van der Waals surface area contributed by atoms with E-state index in [0.29, 0.717) is 5.92 Å². The van der Waals surface area contributed by atoms with Crippen LogP contribution in [0.1, 0.15) is 40.5 Å². The summed E-state index contributed by atoms with van der Waals surface area (Å²) < 4.78 is 5.44. The fourth-order valence-electron chi connectivity index (χ4n) is 2.18. The topological polar surface area (TPSA) is 38.3 Å². The van der Waals surface area contributed by atoms with Crippen LogP contribution in [0.4, 0.5) is 0 Å². The molecular weight excluding hydrogens is 190 g/mol. The SMILES string of the molecule is CC(C)CC(C)OC(=O)C1CCNC1C. The summed E-state index contributed by atoms with van der Waals surface area (Å²) >= 11 is 0. The van der Waals surface area contributed by atoms with Crippen molar-refractivity contribution in [3.05, 3.63) is 0 Å². The van der Waals surface area contributed by atoms with Gasteiger partial charge in [0.1, 0.15) is 0 Å². The molecule has 0 aromatic carbocycles. The number of carbonyl (C=O) groups excluding carboxylic acids is 1. The molecule has 1 rings (SSSR count). The van der Waals surface area contributed by atoms with Gasteiger partial charge in [-0.05, 0) is 39.2 Å². The minimum absolute atomic E-state index is 0.0272. The molecule has 0 aromatic heterocycles. The molecule has 0 bridgehead atoms. The van der Waals surface area contributed by atoms with Crippen molar-refractivity contribution in [2.24, 2.45) is 11.8 Å². The Kier molecular flexibility index (Phi) is 4.58. The van der Waals surface area contributed by atoms with E-state index in [2.05, 4.69) is 19.2 Å². The lowest BCUT2D eigenvalue weighted by molar-refractivity contribution is -0.154. The van der Waals surface area contributed by atoms with Crippen molar-refractivity contribution in [1.82, 2.24) is 5.32 Å². The molecule has 0 aliphatic carbocycles. The highest BCUT2D eigenvalue weighted by Crippen LogP contribution is 2.18. The molecule has 0 aromatic rings. The van der Waals surface area contributed by atoms with Crippen LogP contribution in [0.2, 0.25) is 0 Å². The van der Waals surface area contributed by atoms with Gasteiger partial charge in [-0.15, -0.1) is 0 Å². The first kappa shape index (κ1) is 12.5. The molecule has 3 heteroatoms. The van der Waals surface area contributed by atoms with Crippen LogP contribution in [0.25, 0.3) is 0 Å². The Morgan fingerprint density at radius 2 is 2.13 bits per heavy atom. The Morgan fingerprint density at radius 1 is 1.47 bits per heavy atom. The fraction of sp³-hybridized carbons (Fsp3) is 0.917. The van der Waals surface area contributed by atoms with Crippen LogP contribution in [-0.4, -0.2) is 24.7 Å². The van der Waals surface area contributed by atoms with E-state index in [4.69, 9.17) is 4.74 Å². The van der Waals surface area contributed by atoms with Crippen LogP contribution in [0.5, 0.6) is 0 Å². The second-order valence-corrected chi connectivity index (χ2v) is 5.02. The molecule has 1 N–H and O–H groups in total. The maximum atomic E-state index is 11.8. The van der Waals surface area contributed by atoms with Gasteiger partial charge >= 0.3 is 5.97 Å². The summed E-state index contributed by atoms with van der Waals surface area (Å²) in [6.45, 7) is 9.24. The van der Waals surface area contributed by atoms with Crippen LogP contribution in [0, 0.1) is 11.8 Å². The summed E-state index contributed by atoms with van der Waals surface area (Å²) in [4.78, 5) is 11.8. The van der Waals surface area contributed by atoms with Gasteiger partial charge in [-0.1, -0.05) is 13.8 Å². The lowest BCUT2D eigenvalue weighted by Crippen LogP contribution is -2.31. The Balaban J connectivity index is 2.34. The highest BCUT2D eigenvalue weighted by Gasteiger charge is 2.31. The zero-order valence-electron chi connectivity index (χ0n) is 10.2. The van der Waals surface area contributed by atoms with Gasteiger partial charge in [0.25, 0.3) is 0 Å². The quantitative estimate of drug-likeness (QED) is 0.725. The van der Waals surface area contributed by atoms with Gasteiger partial charge in [-0.2, -0.15) is 0 Å². The molecule has 3 atom stereocenters. The van der Waals surface area contributed by atoms with Crippen molar-refractivity contribution in [3.8, 4) is 0 Å². The van der Waals surface area contributed by atoms with Crippen LogP contribution in [0.15, 0.2) is 0 Å². The molecular formula is C12H23NO2. The molecule has 1 aliphatic rings. The highest BCUT2D eigenvalue weighted by molar-refractivity contribution is 5.73. The molecule has 3 unspecified atom stereocenters. The van der Waals surface area contributed by atoms with Crippen LogP contribution < -0.4 is 5.32 Å². The zero-order valence-corrected chi connectivity index (χ0v) is 10.2. The average Bonchev–Trinajstić information content (AvgIpc) is 2.49. The Labute approximate surface area is 92.6 Å². The van der Waals surface area contributed by atoms with Gasteiger partial charge in [0, 0.05) is 6.04 Å². The highest BCUT2D eigenvalue weighted by atomic mass is 16.5. The van der Waals surface area contributed by atoms with E-state index in [-0.39, 0.29) is 24.0 Å². The van der Waals surface area contributed by atoms with Gasteiger partial charge in [0.05, 0.1) is 12.0 Å². The predicted molar refractivity (Wildman–Crippen MR) is 60.6 cm³/mol. The Hall–Kier alpha value is -0.570. The summed E-state index contributed by atoms with van der Waals surface area (Å²) in [7, 11) is 0. The summed E-state index contributed by atoms with van der Waals surface area (Å²) in [5.74, 6) is 0.604. The number of hydrogen-bond acceptors (Lipinski definition) is 3. The predicted octanol–water partition coefficient (Wildman–Crippen LogP) is 1.96. The van der Waals surface area contributed by atoms with Gasteiger partial charge < -0.3 is 10.1 Å². The first-order chi connectivity index (χ1) is 7.00. The van der Waals surface area contributed by atoms with E-state index in [9.17, 15) is 4.79 Å². The number of esters is 1. The monoisotopic (exact) mass is 213 g/mol. The minimum atomic E-state index is -0.0272. The second kappa shape index (κ2) is 5.50. The lowest BCUT2D eigenvalue weighted by atomic mass is 10.0. The van der Waals surface area contributed by atoms with E-state index in [1.165, 1.54) is 0 Å². The average molecular weight is 213 g/mol. The molecule has 0 saturated carbocycles. The standard InChI is InChI=1S/C12H23NO2/c1-8(2)7-9(3)15-12(14)11-5-6-13-10(11)4/h8-11,13H,5-7H2,1-4H3. The van der Waals surface area contributed by atoms with Crippen LogP contribution in [-0.2, 0) is 9.53 Å². The number of nitrogens with one attached hydrogen (secondary N) is 1. The van der Waals surface area contributed by atoms with Crippen molar-refractivity contribution >= 4 is 5.97 Å². The third-order valence-electron chi connectivity index (χ3n) is 2.95. The normalized spacial score (nSPS) is 28.1. The molecule has 88 valence electrons. The number of carbonyl (C=O) groups is 1. The lowest BCUT2D eigenvalue weighted by Gasteiger charge is -2.19. The van der Waals surface area contributed by atoms with Crippen molar-refractivity contribution in [2.75, 3.05) is 6.54 Å². The van der Waals surface area contributed by atoms with E-state index in [1.807, 2.05) is 13.8 Å². The summed E-state index contributed by atoms with van der Waals surface area (Å²) in [5, 5.41) is 3.26. The summed E-state index contributed by atoms with van der Waals surface area (Å²) in [6, 6.07) is 0.267. The maximum Gasteiger partial charge on any atom is 0.310 e. The maximum absolute atomic E-state index is 11.8. The van der Waals surface area contributed by atoms with Crippen molar-refractivity contribution in [3.63, 3.8) is 0 Å². The van der Waals surface area contributed by atoms with Crippen molar-refractivity contribution < 1.29 is 9.53 Å². The smallest absolute Gasteiger partial charge is 0.310 e. The van der Waals surface area contributed by atoms with Gasteiger partial charge in [0.2, 0.25) is 0 Å². The molecule has 0 amide bonds. The fourth-order valence-corrected chi connectivity index (χ4v) is 2.18. The Morgan fingerprint density at radius 3 is 2.60 bits per heavy atom. The first-order valence-electron chi connectivity index (χ1n) is 5.94. The third-order valence-corrected chi connectivity index (χ3v) is 2.95. The number of rotatable bonds is 4. The van der Waals surface area contributed by atoms with Gasteiger partial charge in [-0.25, -0.2) is 0 Å². The summed E-state index contributed by atoms with van der Waals surface area (Å²) in [5.41, 5.74) is 0. The first-order valence-corrected chi connectivity index (χ1v) is 5.94. The molecule has 15 heavy (non-hydrogen) atoms. The van der Waals surface area contributed by atoms with Crippen molar-refractivity contribution in [1.29, 1.82) is 0 Å². The van der Waals surface area contributed by atoms with Crippen molar-refractivity contribution in [2.45, 2.75) is 52.7 Å². The molecule has 1 heterocycles. The molecule has 0 spiro atoms. The third kappa shape index (κ3) is 3.82. The molecule has 0 radical (unpaired) electrons. The molecule has 1 saturated heterocycles. The number of ether oxygens (including phenoxy) is 1. The summed E-state index contributed by atoms with van der Waals surface area (Å²) in [6.07, 6.45) is 1.90. The van der Waals surface area contributed by atoms with Gasteiger partial charge in [0.15, 0.2) is 0 Å². The van der Waals surface area contributed by atoms with E-state index < -0.39 is 0 Å². The minimum Gasteiger partial charge on any atom is -0.462 e. The zero-order chi connectivity index (χ0) is 11.4. The van der Waals surface area contributed by atoms with Gasteiger partial charge in [-0.3, -0.25) is 4.79 Å². The largest absolute Gasteiger partial charge is 0.462 e. The Bertz CT molecular complexity index is 216. The molecule has 1 fully saturated rings. The van der Waals surface area contributed by atoms with Crippen LogP contribution >= 0.6 is 0 Å². The van der Waals surface area contributed by atoms with E-state index in [0.717, 1.165) is 19.4 Å². The molecule has 1 aliphatic heterocycles. The van der Waals surface area contributed by atoms with E-state index in [1.54, 1.807) is 0 Å². The van der Waals surface area contributed by atoms with Crippen LogP contribution in [0.3, 0.4) is 0 Å². The number of hydrogen-bond donors (Lipinski definition) is 1. The van der Waals surface area contributed by atoms with E-state index >= 15 is 0 Å². The molecule has 3 nitrogen and oxygen atoms in total. The second-order valence-electron chi connectivity index (χ2n) is 5.02.